The quantitative estimate of drug-likeness (QED) is 0.668. The number of benzene rings is 1. The van der Waals surface area contributed by atoms with E-state index in [1.54, 1.807) is 0 Å². The van der Waals surface area contributed by atoms with E-state index in [1.807, 2.05) is 0 Å². The number of rotatable bonds is 3. The van der Waals surface area contributed by atoms with Crippen LogP contribution in [0.2, 0.25) is 5.02 Å². The molecule has 2 N–H and O–H groups in total. The minimum Gasteiger partial charge on any atom is -0.506 e. The van der Waals surface area contributed by atoms with Crippen molar-refractivity contribution in [1.29, 1.82) is 0 Å². The maximum absolute atomic E-state index is 11.9. The van der Waals surface area contributed by atoms with Gasteiger partial charge in [-0.15, -0.1) is 0 Å². The van der Waals surface area contributed by atoms with Gasteiger partial charge in [0.15, 0.2) is 0 Å². The topological polar surface area (TPSA) is 105 Å². The SMILES string of the molecule is O=C(Nc1cc([N+](=O)[O-])ccc1Cl)c1cncc(O)c1. The van der Waals surface area contributed by atoms with Crippen molar-refractivity contribution >= 4 is 28.9 Å². The van der Waals surface area contributed by atoms with Gasteiger partial charge in [-0.25, -0.2) is 0 Å². The van der Waals surface area contributed by atoms with Crippen molar-refractivity contribution in [2.45, 2.75) is 0 Å². The molecular weight excluding hydrogens is 286 g/mol. The minimum absolute atomic E-state index is 0.104. The molecule has 0 aliphatic rings. The first kappa shape index (κ1) is 13.8. The van der Waals surface area contributed by atoms with Gasteiger partial charge in [0.1, 0.15) is 5.75 Å². The predicted octanol–water partition coefficient (Wildman–Crippen LogP) is 2.60. The first-order valence-electron chi connectivity index (χ1n) is 5.36. The van der Waals surface area contributed by atoms with Gasteiger partial charge >= 0.3 is 0 Å². The molecule has 2 aromatic rings. The highest BCUT2D eigenvalue weighted by Crippen LogP contribution is 2.27. The molecule has 0 fully saturated rings. The van der Waals surface area contributed by atoms with Gasteiger partial charge in [-0.1, -0.05) is 11.6 Å². The van der Waals surface area contributed by atoms with Crippen LogP contribution in [0.4, 0.5) is 11.4 Å². The van der Waals surface area contributed by atoms with Crippen LogP contribution in [0.25, 0.3) is 0 Å². The summed E-state index contributed by atoms with van der Waals surface area (Å²) in [7, 11) is 0. The Morgan fingerprint density at radius 2 is 2.10 bits per heavy atom. The monoisotopic (exact) mass is 293 g/mol. The number of amides is 1. The van der Waals surface area contributed by atoms with E-state index in [1.165, 1.54) is 30.6 Å². The van der Waals surface area contributed by atoms with Crippen molar-refractivity contribution in [2.24, 2.45) is 0 Å². The Balaban J connectivity index is 2.27. The number of carbonyl (C=O) groups excluding carboxylic acids is 1. The van der Waals surface area contributed by atoms with Crippen LogP contribution in [0.1, 0.15) is 10.4 Å². The number of carbonyl (C=O) groups is 1. The molecule has 102 valence electrons. The Hall–Kier alpha value is -2.67. The zero-order valence-electron chi connectivity index (χ0n) is 9.91. The number of anilines is 1. The fourth-order valence-electron chi connectivity index (χ4n) is 1.47. The van der Waals surface area contributed by atoms with Crippen molar-refractivity contribution in [3.8, 4) is 5.75 Å². The number of hydrogen-bond acceptors (Lipinski definition) is 5. The summed E-state index contributed by atoms with van der Waals surface area (Å²) in [4.78, 5) is 25.6. The van der Waals surface area contributed by atoms with Gasteiger partial charge in [0.2, 0.25) is 0 Å². The highest BCUT2D eigenvalue weighted by Gasteiger charge is 2.13. The van der Waals surface area contributed by atoms with E-state index in [0.29, 0.717) is 0 Å². The Labute approximate surface area is 118 Å². The van der Waals surface area contributed by atoms with Crippen molar-refractivity contribution in [3.63, 3.8) is 0 Å². The molecule has 0 saturated carbocycles. The summed E-state index contributed by atoms with van der Waals surface area (Å²) in [6.45, 7) is 0. The molecule has 1 amide bonds. The van der Waals surface area contributed by atoms with Gasteiger partial charge in [0.25, 0.3) is 11.6 Å². The van der Waals surface area contributed by atoms with Gasteiger partial charge in [-0.05, 0) is 12.1 Å². The summed E-state index contributed by atoms with van der Waals surface area (Å²) in [5, 5.41) is 22.5. The summed E-state index contributed by atoms with van der Waals surface area (Å²) in [6.07, 6.45) is 2.43. The second-order valence-electron chi connectivity index (χ2n) is 3.81. The number of non-ortho nitro benzene ring substituents is 1. The number of aromatic nitrogens is 1. The third kappa shape index (κ3) is 3.01. The van der Waals surface area contributed by atoms with Crippen LogP contribution in [0.3, 0.4) is 0 Å². The number of pyridine rings is 1. The number of aromatic hydroxyl groups is 1. The lowest BCUT2D eigenvalue weighted by molar-refractivity contribution is -0.384. The number of nitrogens with zero attached hydrogens (tertiary/aromatic N) is 2. The maximum atomic E-state index is 11.9. The van der Waals surface area contributed by atoms with Gasteiger partial charge in [-0.3, -0.25) is 19.9 Å². The summed E-state index contributed by atoms with van der Waals surface area (Å²) < 4.78 is 0. The molecule has 0 atom stereocenters. The Bertz CT molecular complexity index is 690. The van der Waals surface area contributed by atoms with Crippen molar-refractivity contribution < 1.29 is 14.8 Å². The first-order valence-corrected chi connectivity index (χ1v) is 5.74. The second kappa shape index (κ2) is 5.54. The molecule has 0 saturated heterocycles. The van der Waals surface area contributed by atoms with Crippen LogP contribution in [-0.4, -0.2) is 20.9 Å². The van der Waals surface area contributed by atoms with Gasteiger partial charge in [0, 0.05) is 18.3 Å². The van der Waals surface area contributed by atoms with Crippen LogP contribution in [0.15, 0.2) is 36.7 Å². The number of nitrogens with one attached hydrogen (secondary N) is 1. The number of halogens is 1. The smallest absolute Gasteiger partial charge is 0.271 e. The maximum Gasteiger partial charge on any atom is 0.271 e. The van der Waals surface area contributed by atoms with Crippen LogP contribution in [0, 0.1) is 10.1 Å². The summed E-state index contributed by atoms with van der Waals surface area (Å²) in [6, 6.07) is 4.91. The third-order valence-electron chi connectivity index (χ3n) is 2.39. The average Bonchev–Trinajstić information content (AvgIpc) is 2.41. The molecule has 1 aromatic heterocycles. The molecule has 7 nitrogen and oxygen atoms in total. The minimum atomic E-state index is -0.595. The van der Waals surface area contributed by atoms with E-state index in [-0.39, 0.29) is 27.7 Å². The van der Waals surface area contributed by atoms with Crippen molar-refractivity contribution in [3.05, 3.63) is 57.4 Å². The van der Waals surface area contributed by atoms with E-state index >= 15 is 0 Å². The van der Waals surface area contributed by atoms with E-state index < -0.39 is 10.8 Å². The highest BCUT2D eigenvalue weighted by atomic mass is 35.5. The predicted molar refractivity (Wildman–Crippen MR) is 72.0 cm³/mol. The van der Waals surface area contributed by atoms with Crippen molar-refractivity contribution in [1.82, 2.24) is 4.98 Å². The van der Waals surface area contributed by atoms with E-state index in [4.69, 9.17) is 11.6 Å². The normalized spacial score (nSPS) is 10.1. The Morgan fingerprint density at radius 3 is 2.75 bits per heavy atom. The lowest BCUT2D eigenvalue weighted by Crippen LogP contribution is -2.12. The molecule has 1 aromatic carbocycles. The molecule has 0 radical (unpaired) electrons. The number of nitro groups is 1. The van der Waals surface area contributed by atoms with Crippen LogP contribution < -0.4 is 5.32 Å². The van der Waals surface area contributed by atoms with Crippen LogP contribution in [0.5, 0.6) is 5.75 Å². The zero-order valence-corrected chi connectivity index (χ0v) is 10.7. The van der Waals surface area contributed by atoms with E-state index in [0.717, 1.165) is 6.07 Å². The zero-order chi connectivity index (χ0) is 14.7. The third-order valence-corrected chi connectivity index (χ3v) is 2.72. The molecular formula is C12H8ClN3O4. The molecule has 0 unspecified atom stereocenters. The summed E-state index contributed by atoms with van der Waals surface area (Å²) in [5.74, 6) is -0.751. The Morgan fingerprint density at radius 1 is 1.35 bits per heavy atom. The molecule has 0 aliphatic heterocycles. The van der Waals surface area contributed by atoms with Crippen LogP contribution >= 0.6 is 11.6 Å². The molecule has 1 heterocycles. The van der Waals surface area contributed by atoms with Gasteiger partial charge in [-0.2, -0.15) is 0 Å². The molecule has 0 bridgehead atoms. The second-order valence-corrected chi connectivity index (χ2v) is 4.21. The van der Waals surface area contributed by atoms with Crippen molar-refractivity contribution in [2.75, 3.05) is 5.32 Å². The molecule has 20 heavy (non-hydrogen) atoms. The number of nitro benzene ring substituents is 1. The highest BCUT2D eigenvalue weighted by molar-refractivity contribution is 6.34. The summed E-state index contributed by atoms with van der Waals surface area (Å²) >= 11 is 5.86. The number of hydrogen-bond donors (Lipinski definition) is 2. The van der Waals surface area contributed by atoms with Gasteiger partial charge in [0.05, 0.1) is 27.4 Å². The standard InChI is InChI=1S/C12H8ClN3O4/c13-10-2-1-8(16(19)20)4-11(10)15-12(18)7-3-9(17)6-14-5-7/h1-6,17H,(H,15,18). The Kier molecular flexibility index (Phi) is 3.81. The van der Waals surface area contributed by atoms with E-state index in [2.05, 4.69) is 10.3 Å². The van der Waals surface area contributed by atoms with E-state index in [9.17, 15) is 20.0 Å². The van der Waals surface area contributed by atoms with Gasteiger partial charge < -0.3 is 10.4 Å². The lowest BCUT2D eigenvalue weighted by Gasteiger charge is -2.07. The fourth-order valence-corrected chi connectivity index (χ4v) is 1.63. The fraction of sp³-hybridized carbons (Fsp3) is 0. The average molecular weight is 294 g/mol. The lowest BCUT2D eigenvalue weighted by atomic mass is 10.2. The van der Waals surface area contributed by atoms with Crippen LogP contribution in [-0.2, 0) is 0 Å². The summed E-state index contributed by atoms with van der Waals surface area (Å²) in [5.41, 5.74) is 0.0144. The molecule has 0 spiro atoms. The molecule has 8 heteroatoms. The first-order chi connectivity index (χ1) is 9.47. The largest absolute Gasteiger partial charge is 0.506 e. The molecule has 2 rings (SSSR count). The molecule has 0 aliphatic carbocycles.